The molecule has 1 fully saturated rings. The quantitative estimate of drug-likeness (QED) is 0.277. The van der Waals surface area contributed by atoms with Crippen molar-refractivity contribution in [1.82, 2.24) is 15.5 Å². The number of hydrogen-bond donors (Lipinski definition) is 2. The summed E-state index contributed by atoms with van der Waals surface area (Å²) in [7, 11) is 0. The maximum Gasteiger partial charge on any atom is 0.191 e. The number of nitrogens with one attached hydrogen (secondary N) is 2. The van der Waals surface area contributed by atoms with Gasteiger partial charge in [0, 0.05) is 19.6 Å². The minimum Gasteiger partial charge on any atom is -0.467 e. The van der Waals surface area contributed by atoms with Gasteiger partial charge in [-0.1, -0.05) is 6.92 Å². The molecular weight excluding hydrogens is 415 g/mol. The molecule has 1 saturated heterocycles. The fourth-order valence-corrected chi connectivity index (χ4v) is 3.06. The molecule has 138 valence electrons. The SMILES string of the molecule is CCNC(=NCc1ccco1)NCCCCN1CCCC(C)C1.I. The predicted molar refractivity (Wildman–Crippen MR) is 111 cm³/mol. The third kappa shape index (κ3) is 8.37. The highest BCUT2D eigenvalue weighted by atomic mass is 127. The molecule has 6 heteroatoms. The minimum atomic E-state index is 0. The molecule has 0 radical (unpaired) electrons. The summed E-state index contributed by atoms with van der Waals surface area (Å²) in [5.41, 5.74) is 0. The van der Waals surface area contributed by atoms with Gasteiger partial charge in [0.15, 0.2) is 5.96 Å². The van der Waals surface area contributed by atoms with Gasteiger partial charge < -0.3 is 20.0 Å². The fraction of sp³-hybridized carbons (Fsp3) is 0.722. The van der Waals surface area contributed by atoms with Gasteiger partial charge in [0.05, 0.1) is 6.26 Å². The van der Waals surface area contributed by atoms with Crippen LogP contribution in [0.2, 0.25) is 0 Å². The molecule has 1 aliphatic heterocycles. The summed E-state index contributed by atoms with van der Waals surface area (Å²) < 4.78 is 5.31. The molecule has 2 rings (SSSR count). The van der Waals surface area contributed by atoms with Crippen LogP contribution in [-0.2, 0) is 6.54 Å². The van der Waals surface area contributed by atoms with Crippen LogP contribution in [0.15, 0.2) is 27.8 Å². The molecule has 5 nitrogen and oxygen atoms in total. The maximum absolute atomic E-state index is 5.31. The Morgan fingerprint density at radius 3 is 2.96 bits per heavy atom. The molecular formula is C18H33IN4O. The average molecular weight is 448 g/mol. The van der Waals surface area contributed by atoms with Crippen LogP contribution in [0.1, 0.15) is 45.3 Å². The van der Waals surface area contributed by atoms with Crippen molar-refractivity contribution in [3.8, 4) is 0 Å². The van der Waals surface area contributed by atoms with Gasteiger partial charge in [-0.3, -0.25) is 0 Å². The van der Waals surface area contributed by atoms with Crippen LogP contribution in [0.4, 0.5) is 0 Å². The first-order chi connectivity index (χ1) is 11.3. The van der Waals surface area contributed by atoms with Crippen LogP contribution in [0.25, 0.3) is 0 Å². The van der Waals surface area contributed by atoms with E-state index in [0.29, 0.717) is 6.54 Å². The highest BCUT2D eigenvalue weighted by molar-refractivity contribution is 14.0. The van der Waals surface area contributed by atoms with E-state index in [1.807, 2.05) is 12.1 Å². The zero-order valence-electron chi connectivity index (χ0n) is 15.1. The standard InChI is InChI=1S/C18H32N4O.HI/c1-3-19-18(21-14-17-9-7-13-23-17)20-10-4-5-11-22-12-6-8-16(2)15-22;/h7,9,13,16H,3-6,8,10-12,14-15H2,1-2H3,(H2,19,20,21);1H. The average Bonchev–Trinajstić information content (AvgIpc) is 3.05. The fourth-order valence-electron chi connectivity index (χ4n) is 3.06. The summed E-state index contributed by atoms with van der Waals surface area (Å²) in [5.74, 6) is 2.63. The third-order valence-corrected chi connectivity index (χ3v) is 4.25. The van der Waals surface area contributed by atoms with Crippen LogP contribution < -0.4 is 10.6 Å². The second-order valence-corrected chi connectivity index (χ2v) is 6.46. The molecule has 0 saturated carbocycles. The third-order valence-electron chi connectivity index (χ3n) is 4.25. The Bertz CT molecular complexity index is 450. The first-order valence-electron chi connectivity index (χ1n) is 9.05. The number of nitrogens with zero attached hydrogens (tertiary/aromatic N) is 2. The summed E-state index contributed by atoms with van der Waals surface area (Å²) in [5, 5.41) is 6.69. The molecule has 0 aliphatic carbocycles. The van der Waals surface area contributed by atoms with E-state index >= 15 is 0 Å². The molecule has 0 aromatic carbocycles. The van der Waals surface area contributed by atoms with E-state index in [9.17, 15) is 0 Å². The molecule has 1 aromatic rings. The Labute approximate surface area is 163 Å². The highest BCUT2D eigenvalue weighted by Gasteiger charge is 2.15. The van der Waals surface area contributed by atoms with Gasteiger partial charge in [-0.25, -0.2) is 4.99 Å². The summed E-state index contributed by atoms with van der Waals surface area (Å²) >= 11 is 0. The second kappa shape index (κ2) is 12.6. The molecule has 0 bridgehead atoms. The first-order valence-corrected chi connectivity index (χ1v) is 9.05. The predicted octanol–water partition coefficient (Wildman–Crippen LogP) is 3.46. The Morgan fingerprint density at radius 2 is 2.25 bits per heavy atom. The summed E-state index contributed by atoms with van der Waals surface area (Å²) in [6.45, 7) is 10.7. The van der Waals surface area contributed by atoms with Crippen LogP contribution in [-0.4, -0.2) is 43.6 Å². The lowest BCUT2D eigenvalue weighted by atomic mass is 10.0. The normalized spacial score (nSPS) is 18.9. The first kappa shape index (κ1) is 21.3. The van der Waals surface area contributed by atoms with Crippen molar-refractivity contribution in [3.05, 3.63) is 24.2 Å². The number of unbranched alkanes of at least 4 members (excludes halogenated alkanes) is 1. The number of likely N-dealkylation sites (tertiary alicyclic amines) is 1. The van der Waals surface area contributed by atoms with Crippen molar-refractivity contribution in [2.24, 2.45) is 10.9 Å². The second-order valence-electron chi connectivity index (χ2n) is 6.46. The van der Waals surface area contributed by atoms with Gasteiger partial charge in [0.2, 0.25) is 0 Å². The Morgan fingerprint density at radius 1 is 1.38 bits per heavy atom. The number of rotatable bonds is 8. The molecule has 2 N–H and O–H groups in total. The summed E-state index contributed by atoms with van der Waals surface area (Å²) in [4.78, 5) is 7.16. The molecule has 1 atom stereocenters. The minimum absolute atomic E-state index is 0. The van der Waals surface area contributed by atoms with Crippen molar-refractivity contribution in [3.63, 3.8) is 0 Å². The number of hydrogen-bond acceptors (Lipinski definition) is 3. The molecule has 0 amide bonds. The number of piperidine rings is 1. The number of furan rings is 1. The van der Waals surface area contributed by atoms with Crippen molar-refractivity contribution < 1.29 is 4.42 Å². The Balaban J connectivity index is 0.00000288. The van der Waals surface area contributed by atoms with E-state index < -0.39 is 0 Å². The molecule has 2 heterocycles. The van der Waals surface area contributed by atoms with E-state index in [2.05, 4.69) is 34.4 Å². The van der Waals surface area contributed by atoms with Crippen molar-refractivity contribution >= 4 is 29.9 Å². The smallest absolute Gasteiger partial charge is 0.191 e. The van der Waals surface area contributed by atoms with Gasteiger partial charge in [-0.15, -0.1) is 24.0 Å². The number of halogens is 1. The van der Waals surface area contributed by atoms with Gasteiger partial charge in [-0.2, -0.15) is 0 Å². The molecule has 1 unspecified atom stereocenters. The van der Waals surface area contributed by atoms with Crippen LogP contribution in [0.5, 0.6) is 0 Å². The highest BCUT2D eigenvalue weighted by Crippen LogP contribution is 2.15. The van der Waals surface area contributed by atoms with E-state index in [1.165, 1.54) is 45.3 Å². The number of guanidine groups is 1. The maximum atomic E-state index is 5.31. The zero-order chi connectivity index (χ0) is 16.3. The zero-order valence-corrected chi connectivity index (χ0v) is 17.4. The van der Waals surface area contributed by atoms with E-state index in [1.54, 1.807) is 6.26 Å². The molecule has 0 spiro atoms. The van der Waals surface area contributed by atoms with Crippen molar-refractivity contribution in [1.29, 1.82) is 0 Å². The topological polar surface area (TPSA) is 52.8 Å². The van der Waals surface area contributed by atoms with Crippen molar-refractivity contribution in [2.75, 3.05) is 32.7 Å². The van der Waals surface area contributed by atoms with E-state index in [4.69, 9.17) is 4.42 Å². The van der Waals surface area contributed by atoms with Gasteiger partial charge >= 0.3 is 0 Å². The lowest BCUT2D eigenvalue weighted by molar-refractivity contribution is 0.181. The van der Waals surface area contributed by atoms with Crippen molar-refractivity contribution in [2.45, 2.75) is 46.1 Å². The van der Waals surface area contributed by atoms with E-state index in [-0.39, 0.29) is 24.0 Å². The summed E-state index contributed by atoms with van der Waals surface area (Å²) in [6.07, 6.45) is 6.87. The molecule has 1 aliphatic rings. The number of aliphatic imine (C=N–C) groups is 1. The van der Waals surface area contributed by atoms with Crippen LogP contribution >= 0.6 is 24.0 Å². The largest absolute Gasteiger partial charge is 0.467 e. The monoisotopic (exact) mass is 448 g/mol. The molecule has 1 aromatic heterocycles. The van der Waals surface area contributed by atoms with Gasteiger partial charge in [0.1, 0.15) is 12.3 Å². The van der Waals surface area contributed by atoms with Crippen LogP contribution in [0, 0.1) is 5.92 Å². The van der Waals surface area contributed by atoms with E-state index in [0.717, 1.165) is 30.7 Å². The van der Waals surface area contributed by atoms with Gasteiger partial charge in [-0.05, 0) is 63.7 Å². The van der Waals surface area contributed by atoms with Crippen LogP contribution in [0.3, 0.4) is 0 Å². The van der Waals surface area contributed by atoms with Gasteiger partial charge in [0.25, 0.3) is 0 Å². The lowest BCUT2D eigenvalue weighted by Crippen LogP contribution is -2.38. The Hall–Kier alpha value is -0.760. The molecule has 24 heavy (non-hydrogen) atoms. The summed E-state index contributed by atoms with van der Waals surface area (Å²) in [6, 6.07) is 3.85. The Kier molecular flexibility index (Phi) is 11.2. The lowest BCUT2D eigenvalue weighted by Gasteiger charge is -2.30.